The van der Waals surface area contributed by atoms with Crippen LogP contribution in [0, 0.1) is 5.41 Å². The third-order valence-electron chi connectivity index (χ3n) is 4.58. The molecule has 0 aliphatic carbocycles. The van der Waals surface area contributed by atoms with Crippen molar-refractivity contribution in [2.24, 2.45) is 5.41 Å². The summed E-state index contributed by atoms with van der Waals surface area (Å²) in [5.41, 5.74) is -0.166. The average Bonchev–Trinajstić information content (AvgIpc) is 2.61. The maximum atomic E-state index is 12.6. The van der Waals surface area contributed by atoms with E-state index in [-0.39, 0.29) is 10.3 Å². The van der Waals surface area contributed by atoms with Crippen molar-refractivity contribution in [1.29, 1.82) is 0 Å². The lowest BCUT2D eigenvalue weighted by atomic mass is 9.80. The third kappa shape index (κ3) is 3.83. The van der Waals surface area contributed by atoms with Gasteiger partial charge in [-0.3, -0.25) is 0 Å². The predicted octanol–water partition coefficient (Wildman–Crippen LogP) is 0.752. The molecule has 0 saturated carbocycles. The molecule has 2 N–H and O–H groups in total. The number of nitrogens with one attached hydrogen (secondary N) is 2. The number of benzene rings is 1. The highest BCUT2D eigenvalue weighted by Crippen LogP contribution is 2.33. The molecule has 0 atom stereocenters. The molecule has 24 heavy (non-hydrogen) atoms. The van der Waals surface area contributed by atoms with E-state index in [1.807, 2.05) is 0 Å². The van der Waals surface area contributed by atoms with Crippen molar-refractivity contribution in [3.05, 3.63) is 18.2 Å². The van der Waals surface area contributed by atoms with Crippen molar-refractivity contribution >= 4 is 10.0 Å². The van der Waals surface area contributed by atoms with Crippen molar-refractivity contribution in [1.82, 2.24) is 10.0 Å². The van der Waals surface area contributed by atoms with Gasteiger partial charge in [0.2, 0.25) is 10.0 Å². The van der Waals surface area contributed by atoms with Gasteiger partial charge in [-0.05, 0) is 38.1 Å². The van der Waals surface area contributed by atoms with Gasteiger partial charge in [-0.15, -0.1) is 0 Å². The van der Waals surface area contributed by atoms with Gasteiger partial charge >= 0.3 is 0 Å². The zero-order valence-electron chi connectivity index (χ0n) is 13.8. The summed E-state index contributed by atoms with van der Waals surface area (Å²) in [7, 11) is -1.96. The Labute approximate surface area is 142 Å². The summed E-state index contributed by atoms with van der Waals surface area (Å²) in [6.45, 7) is 3.54. The molecule has 0 radical (unpaired) electrons. The van der Waals surface area contributed by atoms with Crippen molar-refractivity contribution in [3.63, 3.8) is 0 Å². The molecule has 1 aromatic carbocycles. The highest BCUT2D eigenvalue weighted by molar-refractivity contribution is 7.89. The SMILES string of the molecule is COCC1(CNS(=O)(=O)c2ccc3c(c2)OCCO3)CCNCC1. The first-order valence-electron chi connectivity index (χ1n) is 8.14. The van der Waals surface area contributed by atoms with E-state index < -0.39 is 10.0 Å². The van der Waals surface area contributed by atoms with Gasteiger partial charge in [0.15, 0.2) is 11.5 Å². The van der Waals surface area contributed by atoms with Crippen LogP contribution in [0.25, 0.3) is 0 Å². The fourth-order valence-electron chi connectivity index (χ4n) is 3.16. The molecule has 0 spiro atoms. The third-order valence-corrected chi connectivity index (χ3v) is 5.97. The van der Waals surface area contributed by atoms with Crippen LogP contribution in [0.15, 0.2) is 23.1 Å². The summed E-state index contributed by atoms with van der Waals surface area (Å²) in [5.74, 6) is 1.05. The van der Waals surface area contributed by atoms with E-state index in [2.05, 4.69) is 10.0 Å². The van der Waals surface area contributed by atoms with Crippen LogP contribution >= 0.6 is 0 Å². The molecule has 1 aromatic rings. The van der Waals surface area contributed by atoms with Gasteiger partial charge in [0, 0.05) is 25.1 Å². The smallest absolute Gasteiger partial charge is 0.240 e. The maximum absolute atomic E-state index is 12.6. The molecular formula is C16H24N2O5S. The topological polar surface area (TPSA) is 85.9 Å². The molecule has 3 rings (SSSR count). The minimum atomic E-state index is -3.61. The Morgan fingerprint density at radius 1 is 1.21 bits per heavy atom. The van der Waals surface area contributed by atoms with Crippen LogP contribution in [0.3, 0.4) is 0 Å². The molecule has 8 heteroatoms. The van der Waals surface area contributed by atoms with Gasteiger partial charge in [-0.25, -0.2) is 13.1 Å². The predicted molar refractivity (Wildman–Crippen MR) is 89.0 cm³/mol. The first-order valence-corrected chi connectivity index (χ1v) is 9.62. The van der Waals surface area contributed by atoms with E-state index in [9.17, 15) is 8.42 Å². The highest BCUT2D eigenvalue weighted by atomic mass is 32.2. The first kappa shape index (κ1) is 17.5. The molecule has 0 bridgehead atoms. The minimum absolute atomic E-state index is 0.166. The monoisotopic (exact) mass is 356 g/mol. The summed E-state index contributed by atoms with van der Waals surface area (Å²) in [4.78, 5) is 0.188. The molecule has 2 aliphatic rings. The minimum Gasteiger partial charge on any atom is -0.486 e. The number of fused-ring (bicyclic) bond motifs is 1. The quantitative estimate of drug-likeness (QED) is 0.782. The molecule has 1 fully saturated rings. The molecule has 0 aromatic heterocycles. The van der Waals surface area contributed by atoms with E-state index in [4.69, 9.17) is 14.2 Å². The Morgan fingerprint density at radius 2 is 1.92 bits per heavy atom. The lowest BCUT2D eigenvalue weighted by Crippen LogP contribution is -2.47. The molecule has 1 saturated heterocycles. The van der Waals surface area contributed by atoms with Gasteiger partial charge < -0.3 is 19.5 Å². The fourth-order valence-corrected chi connectivity index (χ4v) is 4.33. The van der Waals surface area contributed by atoms with Gasteiger partial charge in [-0.1, -0.05) is 0 Å². The van der Waals surface area contributed by atoms with Crippen molar-refractivity contribution in [2.45, 2.75) is 17.7 Å². The number of hydrogen-bond donors (Lipinski definition) is 2. The number of rotatable bonds is 6. The van der Waals surface area contributed by atoms with Crippen molar-refractivity contribution in [2.75, 3.05) is 46.6 Å². The second kappa shape index (κ2) is 7.26. The van der Waals surface area contributed by atoms with Crippen LogP contribution in [0.2, 0.25) is 0 Å². The van der Waals surface area contributed by atoms with Crippen molar-refractivity contribution in [3.8, 4) is 11.5 Å². The van der Waals surface area contributed by atoms with E-state index in [1.165, 1.54) is 6.07 Å². The zero-order valence-corrected chi connectivity index (χ0v) is 14.7. The Balaban J connectivity index is 1.73. The van der Waals surface area contributed by atoms with E-state index >= 15 is 0 Å². The average molecular weight is 356 g/mol. The lowest BCUT2D eigenvalue weighted by molar-refractivity contribution is 0.0577. The number of ether oxygens (including phenoxy) is 3. The maximum Gasteiger partial charge on any atom is 0.240 e. The van der Waals surface area contributed by atoms with Gasteiger partial charge in [-0.2, -0.15) is 0 Å². The molecule has 2 heterocycles. The van der Waals surface area contributed by atoms with Crippen LogP contribution in [0.4, 0.5) is 0 Å². The van der Waals surface area contributed by atoms with Crippen LogP contribution in [0.5, 0.6) is 11.5 Å². The van der Waals surface area contributed by atoms with Crippen LogP contribution < -0.4 is 19.5 Å². The molecule has 2 aliphatic heterocycles. The Bertz CT molecular complexity index is 666. The second-order valence-electron chi connectivity index (χ2n) is 6.31. The molecule has 0 amide bonds. The summed E-state index contributed by atoms with van der Waals surface area (Å²) in [5, 5.41) is 3.30. The van der Waals surface area contributed by atoms with Crippen molar-refractivity contribution < 1.29 is 22.6 Å². The van der Waals surface area contributed by atoms with Crippen LogP contribution in [-0.2, 0) is 14.8 Å². The summed E-state index contributed by atoms with van der Waals surface area (Å²) < 4.78 is 44.3. The summed E-state index contributed by atoms with van der Waals surface area (Å²) in [6, 6.07) is 4.70. The van der Waals surface area contributed by atoms with Crippen LogP contribution in [0.1, 0.15) is 12.8 Å². The number of piperidine rings is 1. The normalized spacial score (nSPS) is 19.9. The second-order valence-corrected chi connectivity index (χ2v) is 8.08. The molecular weight excluding hydrogens is 332 g/mol. The molecule has 7 nitrogen and oxygen atoms in total. The Kier molecular flexibility index (Phi) is 5.29. The number of hydrogen-bond acceptors (Lipinski definition) is 6. The molecule has 134 valence electrons. The summed E-state index contributed by atoms with van der Waals surface area (Å²) >= 11 is 0. The van der Waals surface area contributed by atoms with E-state index in [0.717, 1.165) is 25.9 Å². The highest BCUT2D eigenvalue weighted by Gasteiger charge is 2.33. The fraction of sp³-hybridized carbons (Fsp3) is 0.625. The van der Waals surface area contributed by atoms with Crippen LogP contribution in [-0.4, -0.2) is 55.0 Å². The first-order chi connectivity index (χ1) is 11.5. The van der Waals surface area contributed by atoms with E-state index in [0.29, 0.717) is 37.9 Å². The number of methoxy groups -OCH3 is 1. The Morgan fingerprint density at radius 3 is 2.62 bits per heavy atom. The standard InChI is InChI=1S/C16H24N2O5S/c1-21-12-16(4-6-17-7-5-16)11-18-24(19,20)13-2-3-14-15(10-13)23-9-8-22-14/h2-3,10,17-18H,4-9,11-12H2,1H3. The molecule has 0 unspecified atom stereocenters. The lowest BCUT2D eigenvalue weighted by Gasteiger charge is -2.37. The van der Waals surface area contributed by atoms with Gasteiger partial charge in [0.05, 0.1) is 11.5 Å². The summed E-state index contributed by atoms with van der Waals surface area (Å²) in [6.07, 6.45) is 1.76. The van der Waals surface area contributed by atoms with Gasteiger partial charge in [0.1, 0.15) is 13.2 Å². The van der Waals surface area contributed by atoms with E-state index in [1.54, 1.807) is 19.2 Å². The number of sulfonamides is 1. The van der Waals surface area contributed by atoms with Gasteiger partial charge in [0.25, 0.3) is 0 Å². The largest absolute Gasteiger partial charge is 0.486 e. The Hall–Kier alpha value is -1.35. The zero-order chi connectivity index (χ0) is 17.0.